The van der Waals surface area contributed by atoms with Gasteiger partial charge in [0.1, 0.15) is 11.7 Å². The summed E-state index contributed by atoms with van der Waals surface area (Å²) in [5.41, 5.74) is 2.92. The predicted octanol–water partition coefficient (Wildman–Crippen LogP) is 4.30. The number of hydrogen-bond donors (Lipinski definition) is 1. The summed E-state index contributed by atoms with van der Waals surface area (Å²) < 4.78 is 13.0. The number of rotatable bonds is 2. The summed E-state index contributed by atoms with van der Waals surface area (Å²) in [5, 5.41) is 2.50. The molecule has 1 N–H and O–H groups in total. The highest BCUT2D eigenvalue weighted by Gasteiger charge is 2.23. The number of fused-ring (bicyclic) bond motifs is 1. The minimum atomic E-state index is -0.334. The number of amidine groups is 1. The topological polar surface area (TPSA) is 67.2 Å². The fraction of sp³-hybridized carbons (Fsp3) is 0. The molecule has 7 heteroatoms. The van der Waals surface area contributed by atoms with Gasteiger partial charge in [-0.2, -0.15) is 0 Å². The summed E-state index contributed by atoms with van der Waals surface area (Å²) in [5.74, 6) is 0.0985. The smallest absolute Gasteiger partial charge is 0.289 e. The lowest BCUT2D eigenvalue weighted by Crippen LogP contribution is -2.18. The van der Waals surface area contributed by atoms with E-state index in [9.17, 15) is 9.18 Å². The molecule has 0 bridgehead atoms. The van der Waals surface area contributed by atoms with Crippen LogP contribution in [-0.2, 0) is 0 Å². The Hall–Kier alpha value is -3.06. The van der Waals surface area contributed by atoms with Crippen molar-refractivity contribution in [2.75, 3.05) is 0 Å². The third-order valence-electron chi connectivity index (χ3n) is 3.54. The molecule has 1 aliphatic rings. The minimum absolute atomic E-state index is 0.210. The van der Waals surface area contributed by atoms with Gasteiger partial charge in [0.2, 0.25) is 0 Å². The van der Waals surface area contributed by atoms with E-state index in [1.807, 2.05) is 24.3 Å². The number of nitrogens with one attached hydrogen (secondary N) is 1. The van der Waals surface area contributed by atoms with Crippen LogP contribution in [0.2, 0.25) is 0 Å². The quantitative estimate of drug-likeness (QED) is 0.748. The van der Waals surface area contributed by atoms with Crippen molar-refractivity contribution in [3.8, 4) is 0 Å². The lowest BCUT2D eigenvalue weighted by Gasteiger charge is -2.02. The van der Waals surface area contributed by atoms with Crippen molar-refractivity contribution in [3.63, 3.8) is 0 Å². The number of aromatic nitrogens is 2. The Morgan fingerprint density at radius 2 is 1.88 bits per heavy atom. The number of thioether (sulfide) groups is 1. The summed E-state index contributed by atoms with van der Waals surface area (Å²) in [6, 6.07) is 11.4. The molecule has 1 saturated heterocycles. The number of carbonyl (C=O) groups excluding carboxylic acids is 1. The highest BCUT2D eigenvalue weighted by Crippen LogP contribution is 2.29. The zero-order valence-electron chi connectivity index (χ0n) is 12.8. The number of amides is 1. The van der Waals surface area contributed by atoms with Crippen LogP contribution in [0.3, 0.4) is 0 Å². The van der Waals surface area contributed by atoms with Crippen LogP contribution in [0.15, 0.2) is 64.8 Å². The second-order valence-electron chi connectivity index (χ2n) is 5.23. The van der Waals surface area contributed by atoms with Gasteiger partial charge in [0, 0.05) is 18.0 Å². The largest absolute Gasteiger partial charge is 0.300 e. The SMILES string of the molecule is O=C1NC(=Nc2ccc(F)cc2)/C(=C/c2cccc3nccnc23)S1. The maximum absolute atomic E-state index is 13.0. The second kappa shape index (κ2) is 6.45. The molecule has 0 unspecified atom stereocenters. The highest BCUT2D eigenvalue weighted by atomic mass is 32.2. The van der Waals surface area contributed by atoms with Gasteiger partial charge in [0.05, 0.1) is 21.6 Å². The monoisotopic (exact) mass is 350 g/mol. The Labute approximate surface area is 146 Å². The van der Waals surface area contributed by atoms with Gasteiger partial charge in [-0.15, -0.1) is 0 Å². The van der Waals surface area contributed by atoms with Gasteiger partial charge in [-0.05, 0) is 48.2 Å². The molecule has 25 heavy (non-hydrogen) atoms. The number of hydrogen-bond acceptors (Lipinski definition) is 5. The molecule has 4 rings (SSSR count). The molecule has 1 aliphatic heterocycles. The number of halogens is 1. The van der Waals surface area contributed by atoms with Gasteiger partial charge < -0.3 is 5.32 Å². The fourth-order valence-corrected chi connectivity index (χ4v) is 3.16. The third-order valence-corrected chi connectivity index (χ3v) is 4.36. The Morgan fingerprint density at radius 1 is 1.08 bits per heavy atom. The molecule has 0 spiro atoms. The average Bonchev–Trinajstić information content (AvgIpc) is 2.96. The van der Waals surface area contributed by atoms with Crippen molar-refractivity contribution in [2.45, 2.75) is 0 Å². The van der Waals surface area contributed by atoms with E-state index in [1.54, 1.807) is 24.5 Å². The Morgan fingerprint density at radius 3 is 2.72 bits per heavy atom. The molecule has 2 aromatic carbocycles. The van der Waals surface area contributed by atoms with Crippen LogP contribution in [0, 0.1) is 5.82 Å². The molecule has 1 fully saturated rings. The lowest BCUT2D eigenvalue weighted by atomic mass is 10.1. The van der Waals surface area contributed by atoms with E-state index >= 15 is 0 Å². The van der Waals surface area contributed by atoms with Crippen LogP contribution >= 0.6 is 11.8 Å². The molecule has 0 radical (unpaired) electrons. The van der Waals surface area contributed by atoms with Crippen LogP contribution in [0.1, 0.15) is 5.56 Å². The normalized spacial score (nSPS) is 17.4. The molecular formula is C18H11FN4OS. The van der Waals surface area contributed by atoms with Crippen molar-refractivity contribution >= 4 is 45.6 Å². The van der Waals surface area contributed by atoms with Gasteiger partial charge in [0.25, 0.3) is 5.24 Å². The molecule has 0 atom stereocenters. The second-order valence-corrected chi connectivity index (χ2v) is 6.25. The Balaban J connectivity index is 1.77. The maximum Gasteiger partial charge on any atom is 0.289 e. The van der Waals surface area contributed by atoms with E-state index in [4.69, 9.17) is 0 Å². The van der Waals surface area contributed by atoms with Crippen molar-refractivity contribution < 1.29 is 9.18 Å². The molecule has 1 aromatic heterocycles. The summed E-state index contributed by atoms with van der Waals surface area (Å²) >= 11 is 1.06. The molecule has 5 nitrogen and oxygen atoms in total. The zero-order valence-corrected chi connectivity index (χ0v) is 13.6. The van der Waals surface area contributed by atoms with E-state index in [-0.39, 0.29) is 11.1 Å². The minimum Gasteiger partial charge on any atom is -0.300 e. The van der Waals surface area contributed by atoms with Crippen LogP contribution in [0.5, 0.6) is 0 Å². The maximum atomic E-state index is 13.0. The number of benzene rings is 2. The van der Waals surface area contributed by atoms with Crippen LogP contribution in [0.4, 0.5) is 14.9 Å². The van der Waals surface area contributed by atoms with Gasteiger partial charge in [-0.3, -0.25) is 14.8 Å². The average molecular weight is 350 g/mol. The molecular weight excluding hydrogens is 339 g/mol. The van der Waals surface area contributed by atoms with E-state index in [2.05, 4.69) is 20.3 Å². The third kappa shape index (κ3) is 3.27. The highest BCUT2D eigenvalue weighted by molar-refractivity contribution is 8.18. The van der Waals surface area contributed by atoms with Crippen molar-refractivity contribution in [1.82, 2.24) is 15.3 Å². The molecule has 2 heterocycles. The van der Waals surface area contributed by atoms with Crippen LogP contribution in [0.25, 0.3) is 17.1 Å². The first-order chi connectivity index (χ1) is 12.2. The van der Waals surface area contributed by atoms with Gasteiger partial charge in [-0.1, -0.05) is 12.1 Å². The molecule has 3 aromatic rings. The molecule has 0 saturated carbocycles. The van der Waals surface area contributed by atoms with Crippen LogP contribution in [-0.4, -0.2) is 21.0 Å². The lowest BCUT2D eigenvalue weighted by molar-refractivity contribution is 0.265. The molecule has 122 valence electrons. The van der Waals surface area contributed by atoms with Crippen molar-refractivity contribution in [2.24, 2.45) is 4.99 Å². The number of aliphatic imine (C=N–C) groups is 1. The van der Waals surface area contributed by atoms with Crippen LogP contribution < -0.4 is 5.32 Å². The van der Waals surface area contributed by atoms with Gasteiger partial charge >= 0.3 is 0 Å². The van der Waals surface area contributed by atoms with Crippen molar-refractivity contribution in [3.05, 3.63) is 71.1 Å². The molecule has 0 aliphatic carbocycles. The van der Waals surface area contributed by atoms with Gasteiger partial charge in [-0.25, -0.2) is 9.38 Å². The summed E-state index contributed by atoms with van der Waals surface area (Å²) in [7, 11) is 0. The van der Waals surface area contributed by atoms with E-state index in [1.165, 1.54) is 12.1 Å². The summed E-state index contributed by atoms with van der Waals surface area (Å²) in [6.07, 6.45) is 5.11. The predicted molar refractivity (Wildman–Crippen MR) is 97.1 cm³/mol. The number of carbonyl (C=O) groups is 1. The first-order valence-electron chi connectivity index (χ1n) is 7.44. The zero-order chi connectivity index (χ0) is 17.2. The summed E-state index contributed by atoms with van der Waals surface area (Å²) in [6.45, 7) is 0. The fourth-order valence-electron chi connectivity index (χ4n) is 2.43. The summed E-state index contributed by atoms with van der Waals surface area (Å²) in [4.78, 5) is 25.5. The number of nitrogens with zero attached hydrogens (tertiary/aromatic N) is 3. The van der Waals surface area contributed by atoms with E-state index in [0.29, 0.717) is 16.4 Å². The Kier molecular flexibility index (Phi) is 3.99. The van der Waals surface area contributed by atoms with Crippen molar-refractivity contribution in [1.29, 1.82) is 0 Å². The molecule has 1 amide bonds. The Bertz CT molecular complexity index is 1030. The first-order valence-corrected chi connectivity index (χ1v) is 8.25. The van der Waals surface area contributed by atoms with Gasteiger partial charge in [0.15, 0.2) is 0 Å². The van der Waals surface area contributed by atoms with E-state index in [0.717, 1.165) is 28.4 Å². The van der Waals surface area contributed by atoms with E-state index < -0.39 is 0 Å². The first kappa shape index (κ1) is 15.5. The number of para-hydroxylation sites is 1. The standard InChI is InChI=1S/C18H11FN4OS/c19-12-4-6-13(7-5-12)22-17-15(25-18(24)23-17)10-11-2-1-3-14-16(11)21-9-8-20-14/h1-10H,(H,22,23,24)/b15-10-.